The fourth-order valence-electron chi connectivity index (χ4n) is 6.71. The van der Waals surface area contributed by atoms with Crippen LogP contribution in [0.2, 0.25) is 0 Å². The van der Waals surface area contributed by atoms with Gasteiger partial charge < -0.3 is 44.6 Å². The number of ether oxygens (including phenoxy) is 2. The molecule has 0 saturated heterocycles. The molecule has 0 aromatic rings. The summed E-state index contributed by atoms with van der Waals surface area (Å²) < 4.78 is 47.7. The molecule has 0 bridgehead atoms. The van der Waals surface area contributed by atoms with Crippen molar-refractivity contribution in [3.8, 4) is 0 Å². The Morgan fingerprint density at radius 1 is 0.683 bits per heavy atom. The minimum absolute atomic E-state index is 0.0307. The molecule has 0 aromatic heterocycles. The molecule has 1 rings (SSSR count). The van der Waals surface area contributed by atoms with E-state index in [1.165, 1.54) is 0 Å². The van der Waals surface area contributed by atoms with Gasteiger partial charge in [0, 0.05) is 43.9 Å². The van der Waals surface area contributed by atoms with E-state index in [9.17, 15) is 48.8 Å². The Hall–Kier alpha value is -2.37. The van der Waals surface area contributed by atoms with Crippen molar-refractivity contribution in [2.75, 3.05) is 26.4 Å². The number of carbonyl (C=O) groups excluding carboxylic acids is 3. The molecule has 0 radical (unpaired) electrons. The predicted molar refractivity (Wildman–Crippen MR) is 237 cm³/mol. The van der Waals surface area contributed by atoms with Crippen LogP contribution in [-0.4, -0.2) is 110 Å². The normalized spacial score (nSPS) is 20.8. The van der Waals surface area contributed by atoms with E-state index in [0.29, 0.717) is 19.3 Å². The van der Waals surface area contributed by atoms with E-state index in [2.05, 4.69) is 59.4 Å². The van der Waals surface area contributed by atoms with Gasteiger partial charge >= 0.3 is 27.6 Å². The van der Waals surface area contributed by atoms with Crippen LogP contribution in [0.4, 0.5) is 0 Å². The van der Waals surface area contributed by atoms with Crippen molar-refractivity contribution in [3.05, 3.63) is 48.6 Å². The molecule has 0 amide bonds. The zero-order valence-corrected chi connectivity index (χ0v) is 39.0. The number of aliphatic hydroxyl groups excluding tert-OH is 4. The Kier molecular flexibility index (Phi) is 32.5. The molecule has 1 aliphatic carbocycles. The smallest absolute Gasteiger partial charge is 0.462 e. The van der Waals surface area contributed by atoms with Crippen molar-refractivity contribution in [2.24, 2.45) is 11.8 Å². The fraction of sp³-hybridized carbons (Fsp3) is 0.750. The summed E-state index contributed by atoms with van der Waals surface area (Å²) in [5, 5.41) is 41.1. The van der Waals surface area contributed by atoms with Crippen LogP contribution >= 0.6 is 15.6 Å². The van der Waals surface area contributed by atoms with Crippen LogP contribution in [0.1, 0.15) is 142 Å². The Morgan fingerprint density at radius 2 is 1.29 bits per heavy atom. The number of rotatable bonds is 38. The fourth-order valence-corrected chi connectivity index (χ4v) is 7.87. The van der Waals surface area contributed by atoms with E-state index in [1.54, 1.807) is 12.2 Å². The van der Waals surface area contributed by atoms with E-state index in [0.717, 1.165) is 70.6 Å². The highest BCUT2D eigenvalue weighted by atomic mass is 31.2. The molecule has 0 aliphatic heterocycles. The zero-order valence-electron chi connectivity index (χ0n) is 37.2. The lowest BCUT2D eigenvalue weighted by Gasteiger charge is -2.21. The maximum absolute atomic E-state index is 12.8. The Labute approximate surface area is 373 Å². The molecule has 0 heterocycles. The van der Waals surface area contributed by atoms with Crippen molar-refractivity contribution >= 4 is 33.4 Å². The number of unbranched alkanes of at least 4 members (excludes halogenated alkanes) is 8. The van der Waals surface area contributed by atoms with Crippen molar-refractivity contribution in [1.29, 1.82) is 0 Å². The van der Waals surface area contributed by atoms with Gasteiger partial charge in [0.15, 0.2) is 6.10 Å². The summed E-state index contributed by atoms with van der Waals surface area (Å²) in [6.45, 7) is 1.09. The molecular weight excluding hydrogens is 862 g/mol. The zero-order chi connectivity index (χ0) is 46.9. The summed E-state index contributed by atoms with van der Waals surface area (Å²) in [6.07, 6.45) is 23.1. The summed E-state index contributed by atoms with van der Waals surface area (Å²) in [5.74, 6) is -2.47. The van der Waals surface area contributed by atoms with Crippen molar-refractivity contribution < 1.29 is 81.7 Å². The van der Waals surface area contributed by atoms with E-state index in [1.807, 2.05) is 0 Å². The summed E-state index contributed by atoms with van der Waals surface area (Å²) in [6, 6.07) is 0. The summed E-state index contributed by atoms with van der Waals surface area (Å²) in [4.78, 5) is 65.8. The van der Waals surface area contributed by atoms with E-state index in [-0.39, 0.29) is 44.3 Å². The van der Waals surface area contributed by atoms with Crippen molar-refractivity contribution in [1.82, 2.24) is 0 Å². The number of hydrogen-bond acceptors (Lipinski definition) is 14. The molecule has 19 heteroatoms. The molecule has 0 aromatic carbocycles. The average Bonchev–Trinajstić information content (AvgIpc) is 3.49. The third kappa shape index (κ3) is 32.0. The molecule has 8 atom stereocenters. The third-order valence-electron chi connectivity index (χ3n) is 10.2. The highest BCUT2D eigenvalue weighted by Crippen LogP contribution is 2.44. The van der Waals surface area contributed by atoms with Crippen LogP contribution in [-0.2, 0) is 46.6 Å². The second-order valence-corrected chi connectivity index (χ2v) is 18.6. The van der Waals surface area contributed by atoms with Gasteiger partial charge in [-0.2, -0.15) is 0 Å². The maximum Gasteiger partial charge on any atom is 0.472 e. The number of allylic oxidation sites excluding steroid dienone is 6. The lowest BCUT2D eigenvalue weighted by Crippen LogP contribution is -2.30. The molecule has 364 valence electrons. The lowest BCUT2D eigenvalue weighted by molar-refractivity contribution is -0.161. The largest absolute Gasteiger partial charge is 0.472 e. The highest BCUT2D eigenvalue weighted by molar-refractivity contribution is 7.47. The maximum atomic E-state index is 12.8. The number of esters is 2. The van der Waals surface area contributed by atoms with Gasteiger partial charge in [0.1, 0.15) is 18.5 Å². The minimum Gasteiger partial charge on any atom is -0.462 e. The van der Waals surface area contributed by atoms with Crippen molar-refractivity contribution in [3.63, 3.8) is 0 Å². The van der Waals surface area contributed by atoms with Crippen LogP contribution < -0.4 is 0 Å². The van der Waals surface area contributed by atoms with Gasteiger partial charge in [-0.15, -0.1) is 0 Å². The molecule has 1 fully saturated rings. The standard InChI is InChI=1S/C44H76O17P2/c1-3-5-7-8-9-10-11-12-13-14-15-16-17-18-20-26-44(51)61-38(34-60-63(55,56)59-32-37(47)31-58-62(52,53)54)33-57-43(50)25-22-21-24-36(46)29-40-39(41(48)30-42(40)49)28-27-35(45)23-19-6-4-2/h5,7,9-10,12-13,27-28,35,37-42,45,47-49H,3-4,6,8,11,14-26,29-34H2,1-2H3,(H,55,56)(H2,52,53,54)/b7-5-,10-9-,13-12-,28-27+/t35-,37-,38+,39+,40+,41+,42-/m0/s1. The van der Waals surface area contributed by atoms with Gasteiger partial charge in [-0.1, -0.05) is 101 Å². The van der Waals surface area contributed by atoms with E-state index < -0.39 is 96.4 Å². The van der Waals surface area contributed by atoms with Crippen LogP contribution in [0.5, 0.6) is 0 Å². The number of carbonyl (C=O) groups is 3. The SMILES string of the molecule is CC/C=C\C/C=C\C/C=C\CCCCCCCC(=O)O[C@H](COC(=O)CCCCC(=O)C[C@@H]1[C@@H](/C=C/[C@@H](O)CCCCC)[C@H](O)C[C@@H]1O)COP(=O)(O)OC[C@@H](O)COP(=O)(O)O. The number of phosphoric acid groups is 2. The number of hydrogen-bond donors (Lipinski definition) is 7. The molecular formula is C44H76O17P2. The molecule has 7 N–H and O–H groups in total. The minimum atomic E-state index is -4.91. The summed E-state index contributed by atoms with van der Waals surface area (Å²) in [5.41, 5.74) is 0. The topological polar surface area (TPSA) is 273 Å². The second-order valence-electron chi connectivity index (χ2n) is 15.9. The molecule has 1 saturated carbocycles. The molecule has 1 aliphatic rings. The molecule has 0 spiro atoms. The lowest BCUT2D eigenvalue weighted by atomic mass is 9.87. The Morgan fingerprint density at radius 3 is 1.98 bits per heavy atom. The van der Waals surface area contributed by atoms with Crippen LogP contribution in [0.15, 0.2) is 48.6 Å². The molecule has 1 unspecified atom stereocenters. The second kappa shape index (κ2) is 34.9. The van der Waals surface area contributed by atoms with Gasteiger partial charge in [-0.25, -0.2) is 9.13 Å². The monoisotopic (exact) mass is 938 g/mol. The number of aliphatic hydroxyl groups is 4. The quantitative estimate of drug-likeness (QED) is 0.0142. The van der Waals surface area contributed by atoms with Crippen LogP contribution in [0, 0.1) is 11.8 Å². The summed E-state index contributed by atoms with van der Waals surface area (Å²) >= 11 is 0. The third-order valence-corrected chi connectivity index (χ3v) is 11.6. The highest BCUT2D eigenvalue weighted by Gasteiger charge is 2.41. The first-order valence-electron chi connectivity index (χ1n) is 22.5. The molecule has 63 heavy (non-hydrogen) atoms. The van der Waals surface area contributed by atoms with Gasteiger partial charge in [-0.3, -0.25) is 28.0 Å². The first-order chi connectivity index (χ1) is 30.0. The number of Topliss-reactive ketones (excluding diaryl/α,β-unsaturated/α-hetero) is 1. The van der Waals surface area contributed by atoms with Crippen LogP contribution in [0.3, 0.4) is 0 Å². The van der Waals surface area contributed by atoms with Gasteiger partial charge in [0.25, 0.3) is 0 Å². The Bertz CT molecular complexity index is 1480. The first-order valence-corrected chi connectivity index (χ1v) is 25.5. The van der Waals surface area contributed by atoms with Crippen molar-refractivity contribution in [2.45, 2.75) is 173 Å². The van der Waals surface area contributed by atoms with E-state index >= 15 is 0 Å². The first kappa shape index (κ1) is 58.6. The van der Waals surface area contributed by atoms with E-state index in [4.69, 9.17) is 23.8 Å². The van der Waals surface area contributed by atoms with Gasteiger partial charge in [0.2, 0.25) is 0 Å². The average molecular weight is 939 g/mol. The Balaban J connectivity index is 2.59. The number of ketones is 1. The van der Waals surface area contributed by atoms with Gasteiger partial charge in [0.05, 0.1) is 38.1 Å². The summed E-state index contributed by atoms with van der Waals surface area (Å²) in [7, 11) is -9.82. The molecule has 17 nitrogen and oxygen atoms in total. The van der Waals surface area contributed by atoms with Crippen LogP contribution in [0.25, 0.3) is 0 Å². The van der Waals surface area contributed by atoms with Gasteiger partial charge in [-0.05, 0) is 57.8 Å². The predicted octanol–water partition coefficient (Wildman–Crippen LogP) is 7.01. The number of phosphoric ester groups is 2.